The van der Waals surface area contributed by atoms with Crippen molar-refractivity contribution in [3.8, 4) is 5.75 Å². The van der Waals surface area contributed by atoms with Crippen molar-refractivity contribution in [2.24, 2.45) is 0 Å². The summed E-state index contributed by atoms with van der Waals surface area (Å²) >= 11 is 3.30. The molecule has 0 unspecified atom stereocenters. The molecule has 1 rings (SSSR count). The van der Waals surface area contributed by atoms with E-state index in [1.54, 1.807) is 25.1 Å². The summed E-state index contributed by atoms with van der Waals surface area (Å²) in [7, 11) is 1.29. The van der Waals surface area contributed by atoms with E-state index in [2.05, 4.69) is 20.7 Å². The van der Waals surface area contributed by atoms with Gasteiger partial charge in [0.25, 0.3) is 0 Å². The van der Waals surface area contributed by atoms with Gasteiger partial charge in [0.1, 0.15) is 5.75 Å². The van der Waals surface area contributed by atoms with Crippen molar-refractivity contribution < 1.29 is 19.4 Å². The molecule has 0 saturated carbocycles. The lowest BCUT2D eigenvalue weighted by Crippen LogP contribution is -2.13. The Morgan fingerprint density at radius 3 is 2.81 bits per heavy atom. The summed E-state index contributed by atoms with van der Waals surface area (Å²) < 4.78 is 10.6. The summed E-state index contributed by atoms with van der Waals surface area (Å²) in [5, 5.41) is 9.53. The van der Waals surface area contributed by atoms with Gasteiger partial charge in [0.05, 0.1) is 13.2 Å². The molecular formula is C11H13BrO4. The molecule has 0 saturated heterocycles. The van der Waals surface area contributed by atoms with Gasteiger partial charge in [-0.05, 0) is 25.1 Å². The molecule has 0 fully saturated rings. The Hall–Kier alpha value is -1.07. The Balaban J connectivity index is 2.82. The van der Waals surface area contributed by atoms with Gasteiger partial charge in [0, 0.05) is 10.0 Å². The molecule has 5 heteroatoms. The van der Waals surface area contributed by atoms with Crippen molar-refractivity contribution in [1.82, 2.24) is 0 Å². The van der Waals surface area contributed by atoms with Crippen LogP contribution in [0.4, 0.5) is 0 Å². The summed E-state index contributed by atoms with van der Waals surface area (Å²) in [5.74, 6) is 0.0167. The third-order valence-corrected chi connectivity index (χ3v) is 2.49. The largest absolute Gasteiger partial charge is 0.482 e. The van der Waals surface area contributed by atoms with E-state index >= 15 is 0 Å². The van der Waals surface area contributed by atoms with Crippen molar-refractivity contribution in [2.45, 2.75) is 13.0 Å². The number of methoxy groups -OCH3 is 1. The maximum absolute atomic E-state index is 10.9. The van der Waals surface area contributed by atoms with Gasteiger partial charge in [-0.15, -0.1) is 0 Å². The van der Waals surface area contributed by atoms with Gasteiger partial charge in [0.15, 0.2) is 6.61 Å². The lowest BCUT2D eigenvalue weighted by atomic mass is 10.1. The highest BCUT2D eigenvalue weighted by atomic mass is 79.9. The number of carbonyl (C=O) groups is 1. The highest BCUT2D eigenvalue weighted by molar-refractivity contribution is 9.10. The zero-order valence-corrected chi connectivity index (χ0v) is 10.7. The fraction of sp³-hybridized carbons (Fsp3) is 0.364. The van der Waals surface area contributed by atoms with Crippen LogP contribution >= 0.6 is 15.9 Å². The lowest BCUT2D eigenvalue weighted by Gasteiger charge is -2.13. The third-order valence-electron chi connectivity index (χ3n) is 2.00. The number of rotatable bonds is 4. The second kappa shape index (κ2) is 5.86. The Morgan fingerprint density at radius 2 is 2.25 bits per heavy atom. The van der Waals surface area contributed by atoms with Gasteiger partial charge in [-0.2, -0.15) is 0 Å². The van der Waals surface area contributed by atoms with Gasteiger partial charge in [-0.3, -0.25) is 0 Å². The van der Waals surface area contributed by atoms with Crippen LogP contribution < -0.4 is 4.74 Å². The predicted octanol–water partition coefficient (Wildman–Crippen LogP) is 2.05. The van der Waals surface area contributed by atoms with Crippen LogP contribution in [0.25, 0.3) is 0 Å². The zero-order chi connectivity index (χ0) is 12.1. The number of halogens is 1. The summed E-state index contributed by atoms with van der Waals surface area (Å²) in [6.07, 6.45) is -0.662. The Morgan fingerprint density at radius 1 is 1.56 bits per heavy atom. The molecule has 0 spiro atoms. The number of benzene rings is 1. The molecule has 1 aromatic rings. The molecule has 0 radical (unpaired) electrons. The minimum atomic E-state index is -0.662. The average molecular weight is 289 g/mol. The number of esters is 1. The number of aliphatic hydroxyl groups is 1. The van der Waals surface area contributed by atoms with Crippen molar-refractivity contribution >= 4 is 21.9 Å². The number of hydrogen-bond donors (Lipinski definition) is 1. The third kappa shape index (κ3) is 3.50. The van der Waals surface area contributed by atoms with Crippen LogP contribution in [0.3, 0.4) is 0 Å². The van der Waals surface area contributed by atoms with Crippen molar-refractivity contribution in [1.29, 1.82) is 0 Å². The molecule has 0 aromatic heterocycles. The highest BCUT2D eigenvalue weighted by Gasteiger charge is 2.11. The highest BCUT2D eigenvalue weighted by Crippen LogP contribution is 2.28. The van der Waals surface area contributed by atoms with E-state index in [1.165, 1.54) is 7.11 Å². The van der Waals surface area contributed by atoms with Crippen LogP contribution in [0.2, 0.25) is 0 Å². The van der Waals surface area contributed by atoms with Gasteiger partial charge in [0.2, 0.25) is 0 Å². The van der Waals surface area contributed by atoms with Gasteiger partial charge in [-0.25, -0.2) is 4.79 Å². The summed E-state index contributed by atoms with van der Waals surface area (Å²) in [4.78, 5) is 10.9. The predicted molar refractivity (Wildman–Crippen MR) is 62.3 cm³/mol. The number of ether oxygens (including phenoxy) is 2. The number of carbonyl (C=O) groups excluding carboxylic acids is 1. The molecule has 1 N–H and O–H groups in total. The van der Waals surface area contributed by atoms with Crippen LogP contribution in [0, 0.1) is 0 Å². The molecule has 0 aliphatic carbocycles. The zero-order valence-electron chi connectivity index (χ0n) is 9.07. The standard InChI is InChI=1S/C11H13BrO4/c1-7(13)9-5-8(12)3-4-10(9)16-6-11(14)15-2/h3-5,7,13H,6H2,1-2H3/t7-/m0/s1. The van der Waals surface area contributed by atoms with Gasteiger partial charge < -0.3 is 14.6 Å². The molecule has 16 heavy (non-hydrogen) atoms. The summed E-state index contributed by atoms with van der Waals surface area (Å²) in [5.41, 5.74) is 0.623. The van der Waals surface area contributed by atoms with E-state index in [9.17, 15) is 9.90 Å². The molecule has 0 aliphatic heterocycles. The Labute approximate surface area is 102 Å². The smallest absolute Gasteiger partial charge is 0.343 e. The topological polar surface area (TPSA) is 55.8 Å². The van der Waals surface area contributed by atoms with Crippen LogP contribution in [0.5, 0.6) is 5.75 Å². The molecule has 1 aromatic carbocycles. The normalized spacial score (nSPS) is 12.0. The quantitative estimate of drug-likeness (QED) is 0.862. The number of hydrogen-bond acceptors (Lipinski definition) is 4. The molecular weight excluding hydrogens is 276 g/mol. The van der Waals surface area contributed by atoms with Gasteiger partial charge in [-0.1, -0.05) is 15.9 Å². The minimum absolute atomic E-state index is 0.169. The van der Waals surface area contributed by atoms with Crippen LogP contribution in [-0.2, 0) is 9.53 Å². The van der Waals surface area contributed by atoms with E-state index in [1.807, 2.05) is 0 Å². The van der Waals surface area contributed by atoms with Crippen LogP contribution in [-0.4, -0.2) is 24.8 Å². The maximum Gasteiger partial charge on any atom is 0.343 e. The fourth-order valence-corrected chi connectivity index (χ4v) is 1.55. The van der Waals surface area contributed by atoms with E-state index in [4.69, 9.17) is 4.74 Å². The molecule has 0 heterocycles. The van der Waals surface area contributed by atoms with E-state index in [0.29, 0.717) is 11.3 Å². The first kappa shape index (κ1) is 13.0. The van der Waals surface area contributed by atoms with E-state index in [-0.39, 0.29) is 6.61 Å². The monoisotopic (exact) mass is 288 g/mol. The SMILES string of the molecule is COC(=O)COc1ccc(Br)cc1[C@H](C)O. The fourth-order valence-electron chi connectivity index (χ4n) is 1.17. The molecule has 0 aliphatic rings. The molecule has 4 nitrogen and oxygen atoms in total. The first-order chi connectivity index (χ1) is 7.54. The summed E-state index contributed by atoms with van der Waals surface area (Å²) in [6, 6.07) is 5.21. The lowest BCUT2D eigenvalue weighted by molar-refractivity contribution is -0.142. The first-order valence-electron chi connectivity index (χ1n) is 4.71. The summed E-state index contributed by atoms with van der Waals surface area (Å²) in [6.45, 7) is 1.46. The Bertz CT molecular complexity index is 376. The van der Waals surface area contributed by atoms with E-state index in [0.717, 1.165) is 4.47 Å². The van der Waals surface area contributed by atoms with Gasteiger partial charge >= 0.3 is 5.97 Å². The first-order valence-corrected chi connectivity index (χ1v) is 5.51. The van der Waals surface area contributed by atoms with Crippen LogP contribution in [0.1, 0.15) is 18.6 Å². The van der Waals surface area contributed by atoms with Crippen molar-refractivity contribution in [3.05, 3.63) is 28.2 Å². The average Bonchev–Trinajstić information content (AvgIpc) is 2.26. The molecule has 88 valence electrons. The maximum atomic E-state index is 10.9. The van der Waals surface area contributed by atoms with Crippen molar-refractivity contribution in [2.75, 3.05) is 13.7 Å². The van der Waals surface area contributed by atoms with E-state index < -0.39 is 12.1 Å². The molecule has 1 atom stereocenters. The Kier molecular flexibility index (Phi) is 4.76. The second-order valence-corrected chi connectivity index (χ2v) is 4.14. The second-order valence-electron chi connectivity index (χ2n) is 3.22. The minimum Gasteiger partial charge on any atom is -0.482 e. The van der Waals surface area contributed by atoms with Crippen LogP contribution in [0.15, 0.2) is 22.7 Å². The van der Waals surface area contributed by atoms with Crippen molar-refractivity contribution in [3.63, 3.8) is 0 Å². The molecule has 0 bridgehead atoms. The molecule has 0 amide bonds. The number of aliphatic hydroxyl groups excluding tert-OH is 1.